The Labute approximate surface area is 67.1 Å². The highest BCUT2D eigenvalue weighted by Gasteiger charge is 2.11. The van der Waals surface area contributed by atoms with Crippen molar-refractivity contribution in [3.8, 4) is 0 Å². The molecule has 1 heterocycles. The van der Waals surface area contributed by atoms with Gasteiger partial charge < -0.3 is 5.11 Å². The van der Waals surface area contributed by atoms with Gasteiger partial charge in [-0.2, -0.15) is 0 Å². The van der Waals surface area contributed by atoms with Gasteiger partial charge in [-0.15, -0.1) is 11.3 Å². The van der Waals surface area contributed by atoms with E-state index in [1.165, 1.54) is 17.6 Å². The zero-order valence-corrected chi connectivity index (χ0v) is 6.45. The zero-order chi connectivity index (χ0) is 7.56. The van der Waals surface area contributed by atoms with Gasteiger partial charge in [0.2, 0.25) is 6.29 Å². The second-order valence-corrected chi connectivity index (χ2v) is 3.01. The van der Waals surface area contributed by atoms with Crippen molar-refractivity contribution in [2.75, 3.05) is 0 Å². The SMILES string of the molecule is O=[C]C(O)c1sccc1Cl. The largest absolute Gasteiger partial charge is 0.379 e. The number of rotatable bonds is 2. The van der Waals surface area contributed by atoms with Crippen LogP contribution in [0.1, 0.15) is 11.0 Å². The molecule has 1 N–H and O–H groups in total. The molecule has 1 atom stereocenters. The molecule has 0 aliphatic carbocycles. The first-order chi connectivity index (χ1) is 4.75. The Morgan fingerprint density at radius 3 is 2.90 bits per heavy atom. The van der Waals surface area contributed by atoms with Crippen LogP contribution in [0.4, 0.5) is 0 Å². The minimum absolute atomic E-state index is 0.417. The molecule has 0 amide bonds. The number of aliphatic hydroxyl groups is 1. The molecular weight excluding hydrogens is 172 g/mol. The summed E-state index contributed by atoms with van der Waals surface area (Å²) in [4.78, 5) is 10.4. The van der Waals surface area contributed by atoms with Crippen LogP contribution < -0.4 is 0 Å². The first kappa shape index (κ1) is 7.72. The normalized spacial score (nSPS) is 13.0. The molecule has 1 rings (SSSR count). The number of hydrogen-bond donors (Lipinski definition) is 1. The van der Waals surface area contributed by atoms with E-state index in [0.717, 1.165) is 0 Å². The highest BCUT2D eigenvalue weighted by atomic mass is 35.5. The van der Waals surface area contributed by atoms with Crippen molar-refractivity contribution in [2.24, 2.45) is 0 Å². The Kier molecular flexibility index (Phi) is 2.43. The van der Waals surface area contributed by atoms with Crippen LogP contribution in [-0.2, 0) is 4.79 Å². The summed E-state index contributed by atoms with van der Waals surface area (Å²) in [6.45, 7) is 0. The van der Waals surface area contributed by atoms with E-state index in [0.29, 0.717) is 9.90 Å². The first-order valence-corrected chi connectivity index (χ1v) is 3.80. The molecule has 0 aliphatic heterocycles. The van der Waals surface area contributed by atoms with Gasteiger partial charge >= 0.3 is 0 Å². The van der Waals surface area contributed by atoms with Crippen LogP contribution in [0.5, 0.6) is 0 Å². The van der Waals surface area contributed by atoms with Crippen molar-refractivity contribution in [1.29, 1.82) is 0 Å². The predicted molar refractivity (Wildman–Crippen MR) is 40.0 cm³/mol. The van der Waals surface area contributed by atoms with Gasteiger partial charge in [0, 0.05) is 0 Å². The van der Waals surface area contributed by atoms with Crippen LogP contribution in [0.25, 0.3) is 0 Å². The molecule has 4 heteroatoms. The third kappa shape index (κ3) is 1.37. The van der Waals surface area contributed by atoms with Crippen molar-refractivity contribution < 1.29 is 9.90 Å². The maximum Gasteiger partial charge on any atom is 0.235 e. The van der Waals surface area contributed by atoms with Crippen LogP contribution in [0, 0.1) is 0 Å². The number of halogens is 1. The average molecular weight is 176 g/mol. The topological polar surface area (TPSA) is 37.3 Å². The number of aliphatic hydroxyl groups excluding tert-OH is 1. The summed E-state index contributed by atoms with van der Waals surface area (Å²) in [6, 6.07) is 1.63. The molecule has 1 radical (unpaired) electrons. The van der Waals surface area contributed by atoms with Crippen molar-refractivity contribution in [3.63, 3.8) is 0 Å². The van der Waals surface area contributed by atoms with Gasteiger partial charge in [-0.1, -0.05) is 11.6 Å². The monoisotopic (exact) mass is 175 g/mol. The van der Waals surface area contributed by atoms with Gasteiger partial charge in [0.25, 0.3) is 0 Å². The summed E-state index contributed by atoms with van der Waals surface area (Å²) in [5, 5.41) is 11.0. The van der Waals surface area contributed by atoms with Gasteiger partial charge in [0.1, 0.15) is 0 Å². The Morgan fingerprint density at radius 1 is 1.80 bits per heavy atom. The zero-order valence-electron chi connectivity index (χ0n) is 4.87. The minimum atomic E-state index is -1.19. The molecule has 2 nitrogen and oxygen atoms in total. The maximum absolute atomic E-state index is 9.93. The number of thiophene rings is 1. The van der Waals surface area contributed by atoms with Gasteiger partial charge in [-0.25, -0.2) is 0 Å². The smallest absolute Gasteiger partial charge is 0.235 e. The predicted octanol–water partition coefficient (Wildman–Crippen LogP) is 1.54. The van der Waals surface area contributed by atoms with Crippen LogP contribution in [0.15, 0.2) is 11.4 Å². The second kappa shape index (κ2) is 3.14. The van der Waals surface area contributed by atoms with Crippen LogP contribution in [-0.4, -0.2) is 11.4 Å². The molecule has 0 saturated carbocycles. The molecule has 10 heavy (non-hydrogen) atoms. The van der Waals surface area contributed by atoms with Crippen molar-refractivity contribution in [3.05, 3.63) is 21.3 Å². The summed E-state index contributed by atoms with van der Waals surface area (Å²) in [5.74, 6) is 0. The van der Waals surface area contributed by atoms with Crippen molar-refractivity contribution in [2.45, 2.75) is 6.10 Å². The van der Waals surface area contributed by atoms with E-state index in [2.05, 4.69) is 0 Å². The highest BCUT2D eigenvalue weighted by molar-refractivity contribution is 7.10. The molecule has 53 valence electrons. The fourth-order valence-electron chi connectivity index (χ4n) is 0.554. The standard InChI is InChI=1S/C6H4ClO2S/c7-4-1-2-10-6(4)5(9)3-8/h1-2,5,9H. The fourth-order valence-corrected chi connectivity index (χ4v) is 1.64. The van der Waals surface area contributed by atoms with Crippen LogP contribution in [0.3, 0.4) is 0 Å². The lowest BCUT2D eigenvalue weighted by Crippen LogP contribution is -1.94. The molecule has 1 aromatic rings. The maximum atomic E-state index is 9.93. The van der Waals surface area contributed by atoms with Crippen molar-refractivity contribution >= 4 is 29.2 Å². The molecule has 0 spiro atoms. The number of carbonyl (C=O) groups excluding carboxylic acids is 1. The van der Waals surface area contributed by atoms with Gasteiger partial charge in [0.15, 0.2) is 6.10 Å². The molecule has 0 aliphatic rings. The van der Waals surface area contributed by atoms with Gasteiger partial charge in [-0.05, 0) is 11.4 Å². The minimum Gasteiger partial charge on any atom is -0.379 e. The Bertz CT molecular complexity index is 233. The quantitative estimate of drug-likeness (QED) is 0.741. The van der Waals surface area contributed by atoms with Crippen LogP contribution in [0.2, 0.25) is 5.02 Å². The molecule has 0 saturated heterocycles. The summed E-state index contributed by atoms with van der Waals surface area (Å²) in [6.07, 6.45) is 0.252. The molecular formula is C6H4ClO2S. The van der Waals surface area contributed by atoms with E-state index in [1.54, 1.807) is 11.4 Å². The van der Waals surface area contributed by atoms with E-state index in [9.17, 15) is 4.79 Å². The van der Waals surface area contributed by atoms with E-state index < -0.39 is 6.10 Å². The second-order valence-electron chi connectivity index (χ2n) is 1.65. The lowest BCUT2D eigenvalue weighted by Gasteiger charge is -1.96. The lowest BCUT2D eigenvalue weighted by molar-refractivity contribution is 0.244. The van der Waals surface area contributed by atoms with Crippen molar-refractivity contribution in [1.82, 2.24) is 0 Å². The van der Waals surface area contributed by atoms with Gasteiger partial charge in [-0.3, -0.25) is 4.79 Å². The summed E-state index contributed by atoms with van der Waals surface area (Å²) in [5.41, 5.74) is 0. The van der Waals surface area contributed by atoms with E-state index in [1.807, 2.05) is 0 Å². The Morgan fingerprint density at radius 2 is 2.50 bits per heavy atom. The third-order valence-corrected chi connectivity index (χ3v) is 2.42. The van der Waals surface area contributed by atoms with Crippen LogP contribution >= 0.6 is 22.9 Å². The molecule has 1 aromatic heterocycles. The van der Waals surface area contributed by atoms with Gasteiger partial charge in [0.05, 0.1) is 9.90 Å². The first-order valence-electron chi connectivity index (χ1n) is 2.54. The Hall–Kier alpha value is -0.380. The van der Waals surface area contributed by atoms with E-state index in [4.69, 9.17) is 16.7 Å². The molecule has 1 unspecified atom stereocenters. The summed E-state index contributed by atoms with van der Waals surface area (Å²) >= 11 is 6.82. The molecule has 0 fully saturated rings. The highest BCUT2D eigenvalue weighted by Crippen LogP contribution is 2.27. The average Bonchev–Trinajstić information content (AvgIpc) is 2.34. The van der Waals surface area contributed by atoms with E-state index >= 15 is 0 Å². The Balaban J connectivity index is 2.92. The third-order valence-electron chi connectivity index (χ3n) is 1.00. The fraction of sp³-hybridized carbons (Fsp3) is 0.167. The molecule has 0 bridgehead atoms. The number of hydrogen-bond acceptors (Lipinski definition) is 3. The summed E-state index contributed by atoms with van der Waals surface area (Å²) in [7, 11) is 0. The van der Waals surface area contributed by atoms with E-state index in [-0.39, 0.29) is 0 Å². The summed E-state index contributed by atoms with van der Waals surface area (Å²) < 4.78 is 0. The molecule has 0 aromatic carbocycles. The lowest BCUT2D eigenvalue weighted by atomic mass is 10.3.